The molecule has 4 N–H and O–H groups in total. The molecule has 22 heavy (non-hydrogen) atoms. The topological polar surface area (TPSA) is 89.8 Å². The fraction of sp³-hybridized carbons (Fsp3) is 0.133. The minimum absolute atomic E-state index is 0.0614. The minimum Gasteiger partial charge on any atom is -0.423 e. The lowest BCUT2D eigenvalue weighted by Gasteiger charge is -2.09. The summed E-state index contributed by atoms with van der Waals surface area (Å²) in [4.78, 5) is 12.0. The molecule has 0 atom stereocenters. The Labute approximate surface area is 127 Å². The Bertz CT molecular complexity index is 661. The summed E-state index contributed by atoms with van der Waals surface area (Å²) < 4.78 is 14.0. The van der Waals surface area contributed by atoms with Crippen molar-refractivity contribution in [3.05, 3.63) is 65.0 Å². The zero-order valence-electron chi connectivity index (χ0n) is 11.7. The molecule has 0 radical (unpaired) electrons. The predicted octanol–water partition coefficient (Wildman–Crippen LogP) is -0.0722. The second-order valence-electron chi connectivity index (χ2n) is 4.74. The third kappa shape index (κ3) is 3.70. The summed E-state index contributed by atoms with van der Waals surface area (Å²) in [7, 11) is -1.97. The molecule has 2 aromatic carbocycles. The maximum absolute atomic E-state index is 14.0. The van der Waals surface area contributed by atoms with Gasteiger partial charge in [0.25, 0.3) is 5.91 Å². The van der Waals surface area contributed by atoms with Crippen LogP contribution in [0.15, 0.2) is 42.5 Å². The van der Waals surface area contributed by atoms with Gasteiger partial charge in [0, 0.05) is 12.0 Å². The van der Waals surface area contributed by atoms with Crippen molar-refractivity contribution >= 4 is 18.5 Å². The van der Waals surface area contributed by atoms with Gasteiger partial charge in [0.1, 0.15) is 5.82 Å². The highest BCUT2D eigenvalue weighted by atomic mass is 19.1. The molecule has 1 amide bonds. The van der Waals surface area contributed by atoms with Gasteiger partial charge < -0.3 is 20.5 Å². The van der Waals surface area contributed by atoms with Gasteiger partial charge >= 0.3 is 7.12 Å². The van der Waals surface area contributed by atoms with Crippen LogP contribution in [0.2, 0.25) is 0 Å². The molecule has 0 spiro atoms. The first-order valence-electron chi connectivity index (χ1n) is 6.64. The summed E-state index contributed by atoms with van der Waals surface area (Å²) in [6.07, 6.45) is 0. The van der Waals surface area contributed by atoms with Gasteiger partial charge in [-0.1, -0.05) is 36.4 Å². The van der Waals surface area contributed by atoms with Crippen molar-refractivity contribution in [1.29, 1.82) is 0 Å². The maximum Gasteiger partial charge on any atom is 0.491 e. The van der Waals surface area contributed by atoms with Crippen LogP contribution < -0.4 is 10.8 Å². The lowest BCUT2D eigenvalue weighted by Crippen LogP contribution is -2.35. The van der Waals surface area contributed by atoms with Crippen molar-refractivity contribution in [2.75, 3.05) is 0 Å². The molecule has 0 saturated heterocycles. The van der Waals surface area contributed by atoms with Gasteiger partial charge in [0.15, 0.2) is 0 Å². The highest BCUT2D eigenvalue weighted by Gasteiger charge is 2.21. The zero-order valence-corrected chi connectivity index (χ0v) is 11.7. The van der Waals surface area contributed by atoms with Crippen molar-refractivity contribution in [2.24, 2.45) is 0 Å². The molecule has 7 heteroatoms. The lowest BCUT2D eigenvalue weighted by molar-refractivity contribution is 0.0947. The van der Waals surface area contributed by atoms with E-state index >= 15 is 0 Å². The molecule has 0 aliphatic rings. The first kappa shape index (κ1) is 16.2. The van der Waals surface area contributed by atoms with E-state index < -0.39 is 18.8 Å². The Morgan fingerprint density at radius 3 is 2.32 bits per heavy atom. The SMILES string of the molecule is O=C(NCc1ccc(CO)cc1)c1cccc(B(O)O)c1F. The van der Waals surface area contributed by atoms with E-state index in [1.165, 1.54) is 18.2 Å². The minimum atomic E-state index is -1.97. The van der Waals surface area contributed by atoms with Crippen LogP contribution in [0.3, 0.4) is 0 Å². The molecule has 0 unspecified atom stereocenters. The third-order valence-electron chi connectivity index (χ3n) is 3.21. The van der Waals surface area contributed by atoms with Crippen LogP contribution >= 0.6 is 0 Å². The van der Waals surface area contributed by atoms with Gasteiger partial charge in [-0.3, -0.25) is 4.79 Å². The summed E-state index contributed by atoms with van der Waals surface area (Å²) in [5.74, 6) is -1.60. The molecule has 0 fully saturated rings. The molecule has 0 heterocycles. The first-order chi connectivity index (χ1) is 10.5. The van der Waals surface area contributed by atoms with E-state index in [1.54, 1.807) is 24.3 Å². The number of hydrogen-bond donors (Lipinski definition) is 4. The van der Waals surface area contributed by atoms with Gasteiger partial charge in [-0.25, -0.2) is 4.39 Å². The van der Waals surface area contributed by atoms with Crippen LogP contribution in [0, 0.1) is 5.82 Å². The molecule has 114 valence electrons. The average Bonchev–Trinajstić information content (AvgIpc) is 2.53. The number of aliphatic hydroxyl groups excluding tert-OH is 1. The Hall–Kier alpha value is -2.22. The van der Waals surface area contributed by atoms with Crippen LogP contribution in [0.25, 0.3) is 0 Å². The van der Waals surface area contributed by atoms with E-state index in [-0.39, 0.29) is 24.2 Å². The number of carbonyl (C=O) groups is 1. The third-order valence-corrected chi connectivity index (χ3v) is 3.21. The lowest BCUT2D eigenvalue weighted by atomic mass is 9.79. The maximum atomic E-state index is 14.0. The van der Waals surface area contributed by atoms with Crippen LogP contribution in [0.1, 0.15) is 21.5 Å². The van der Waals surface area contributed by atoms with Crippen molar-refractivity contribution in [2.45, 2.75) is 13.2 Å². The number of aliphatic hydroxyl groups is 1. The van der Waals surface area contributed by atoms with E-state index in [1.807, 2.05) is 0 Å². The van der Waals surface area contributed by atoms with Crippen LogP contribution in [0.4, 0.5) is 4.39 Å². The quantitative estimate of drug-likeness (QED) is 0.582. The number of nitrogens with one attached hydrogen (secondary N) is 1. The van der Waals surface area contributed by atoms with Crippen molar-refractivity contribution in [3.63, 3.8) is 0 Å². The molecular weight excluding hydrogens is 288 g/mol. The number of halogens is 1. The standard InChI is InChI=1S/C15H15BFNO4/c17-14-12(2-1-3-13(14)16(21)22)15(20)18-8-10-4-6-11(9-19)7-5-10/h1-7,19,21-22H,8-9H2,(H,18,20). The van der Waals surface area contributed by atoms with Crippen LogP contribution in [-0.2, 0) is 13.2 Å². The van der Waals surface area contributed by atoms with E-state index in [0.717, 1.165) is 11.1 Å². The molecule has 2 rings (SSSR count). The largest absolute Gasteiger partial charge is 0.491 e. The molecule has 0 aromatic heterocycles. The normalized spacial score (nSPS) is 10.4. The van der Waals surface area contributed by atoms with Gasteiger partial charge in [-0.15, -0.1) is 0 Å². The molecule has 0 aliphatic heterocycles. The Balaban J connectivity index is 2.07. The molecule has 2 aromatic rings. The van der Waals surface area contributed by atoms with Crippen molar-refractivity contribution in [1.82, 2.24) is 5.32 Å². The van der Waals surface area contributed by atoms with Gasteiger partial charge in [0.2, 0.25) is 0 Å². The van der Waals surface area contributed by atoms with E-state index in [9.17, 15) is 9.18 Å². The van der Waals surface area contributed by atoms with Crippen molar-refractivity contribution in [3.8, 4) is 0 Å². The van der Waals surface area contributed by atoms with E-state index in [2.05, 4.69) is 5.32 Å². The monoisotopic (exact) mass is 303 g/mol. The second-order valence-corrected chi connectivity index (χ2v) is 4.74. The van der Waals surface area contributed by atoms with Gasteiger partial charge in [-0.2, -0.15) is 0 Å². The smallest absolute Gasteiger partial charge is 0.423 e. The van der Waals surface area contributed by atoms with Crippen molar-refractivity contribution < 1.29 is 24.3 Å². The van der Waals surface area contributed by atoms with Gasteiger partial charge in [0.05, 0.1) is 12.2 Å². The Kier molecular flexibility index (Phi) is 5.27. The number of rotatable bonds is 5. The number of amides is 1. The number of hydrogen-bond acceptors (Lipinski definition) is 4. The average molecular weight is 303 g/mol. The van der Waals surface area contributed by atoms with E-state index in [4.69, 9.17) is 15.2 Å². The fourth-order valence-electron chi connectivity index (χ4n) is 1.96. The highest BCUT2D eigenvalue weighted by Crippen LogP contribution is 2.07. The van der Waals surface area contributed by atoms with Crippen LogP contribution in [0.5, 0.6) is 0 Å². The fourth-order valence-corrected chi connectivity index (χ4v) is 1.96. The molecule has 0 bridgehead atoms. The van der Waals surface area contributed by atoms with E-state index in [0.29, 0.717) is 0 Å². The zero-order chi connectivity index (χ0) is 16.1. The van der Waals surface area contributed by atoms with Gasteiger partial charge in [-0.05, 0) is 17.2 Å². The Morgan fingerprint density at radius 2 is 1.73 bits per heavy atom. The number of carbonyl (C=O) groups excluding carboxylic acids is 1. The second kappa shape index (κ2) is 7.17. The Morgan fingerprint density at radius 1 is 1.09 bits per heavy atom. The summed E-state index contributed by atoms with van der Waals surface area (Å²) in [6, 6.07) is 10.8. The molecule has 5 nitrogen and oxygen atoms in total. The molecule has 0 saturated carbocycles. The summed E-state index contributed by atoms with van der Waals surface area (Å²) in [5, 5.41) is 29.6. The molecule has 0 aliphatic carbocycles. The highest BCUT2D eigenvalue weighted by molar-refractivity contribution is 6.58. The first-order valence-corrected chi connectivity index (χ1v) is 6.64. The summed E-state index contributed by atoms with van der Waals surface area (Å²) in [5.41, 5.74) is 0.951. The number of benzene rings is 2. The van der Waals surface area contributed by atoms with Crippen LogP contribution in [-0.4, -0.2) is 28.2 Å². The molecular formula is C15H15BFNO4. The predicted molar refractivity (Wildman–Crippen MR) is 79.8 cm³/mol. The summed E-state index contributed by atoms with van der Waals surface area (Å²) >= 11 is 0. The summed E-state index contributed by atoms with van der Waals surface area (Å²) in [6.45, 7) is 0.129.